The van der Waals surface area contributed by atoms with E-state index in [2.05, 4.69) is 0 Å². The smallest absolute Gasteiger partial charge is 0.306 e. The van der Waals surface area contributed by atoms with Crippen LogP contribution in [0.25, 0.3) is 0 Å². The molecule has 2 rings (SSSR count). The molecule has 0 amide bonds. The summed E-state index contributed by atoms with van der Waals surface area (Å²) in [6.07, 6.45) is 5.48. The summed E-state index contributed by atoms with van der Waals surface area (Å²) in [5, 5.41) is 1.07. The molecular formula is C26H28Cl2O6. The zero-order valence-corrected chi connectivity index (χ0v) is 20.4. The largest absolute Gasteiger partial charge is 0.457 e. The zero-order chi connectivity index (χ0) is 24.8. The number of benzene rings is 2. The molecule has 2 aromatic rings. The van der Waals surface area contributed by atoms with Crippen LogP contribution in [0, 0.1) is 0 Å². The highest BCUT2D eigenvalue weighted by atomic mass is 35.5. The molecule has 0 heterocycles. The van der Waals surface area contributed by atoms with Crippen LogP contribution in [-0.4, -0.2) is 36.7 Å². The van der Waals surface area contributed by atoms with Gasteiger partial charge in [0.2, 0.25) is 0 Å². The van der Waals surface area contributed by atoms with Gasteiger partial charge in [0.05, 0.1) is 0 Å². The SMILES string of the molecule is O=C(CCCCCCCCC(=O)OCC(=O)c1ccc(Cl)cc1)OCC(=O)c1ccc(Cl)cc1. The average molecular weight is 507 g/mol. The maximum Gasteiger partial charge on any atom is 0.306 e. The number of halogens is 2. The van der Waals surface area contributed by atoms with E-state index >= 15 is 0 Å². The van der Waals surface area contributed by atoms with Gasteiger partial charge in [-0.1, -0.05) is 48.9 Å². The quantitative estimate of drug-likeness (QED) is 0.161. The molecule has 0 aliphatic carbocycles. The fraction of sp³-hybridized carbons (Fsp3) is 0.385. The Bertz CT molecular complexity index is 875. The van der Waals surface area contributed by atoms with Gasteiger partial charge in [-0.3, -0.25) is 19.2 Å². The van der Waals surface area contributed by atoms with Gasteiger partial charge in [0.15, 0.2) is 24.8 Å². The van der Waals surface area contributed by atoms with Crippen LogP contribution in [0.2, 0.25) is 10.0 Å². The van der Waals surface area contributed by atoms with Crippen LogP contribution in [0.15, 0.2) is 48.5 Å². The Balaban J connectivity index is 1.44. The van der Waals surface area contributed by atoms with Gasteiger partial charge in [0.25, 0.3) is 0 Å². The van der Waals surface area contributed by atoms with Gasteiger partial charge >= 0.3 is 11.9 Å². The molecule has 0 saturated heterocycles. The normalized spacial score (nSPS) is 10.5. The van der Waals surface area contributed by atoms with E-state index in [0.717, 1.165) is 25.7 Å². The summed E-state index contributed by atoms with van der Waals surface area (Å²) in [5.41, 5.74) is 0.906. The van der Waals surface area contributed by atoms with Crippen molar-refractivity contribution >= 4 is 46.7 Å². The molecule has 2 aromatic carbocycles. The van der Waals surface area contributed by atoms with Crippen LogP contribution in [0.3, 0.4) is 0 Å². The molecule has 34 heavy (non-hydrogen) atoms. The van der Waals surface area contributed by atoms with Crippen molar-refractivity contribution in [3.63, 3.8) is 0 Å². The summed E-state index contributed by atoms with van der Waals surface area (Å²) in [5.74, 6) is -1.31. The number of unbranched alkanes of at least 4 members (excludes halogenated alkanes) is 5. The number of carbonyl (C=O) groups excluding carboxylic acids is 4. The Morgan fingerprint density at radius 3 is 1.21 bits per heavy atom. The molecule has 6 nitrogen and oxygen atoms in total. The maximum absolute atomic E-state index is 12.0. The van der Waals surface area contributed by atoms with Crippen LogP contribution in [0.5, 0.6) is 0 Å². The molecule has 0 saturated carbocycles. The van der Waals surface area contributed by atoms with Crippen molar-refractivity contribution in [3.8, 4) is 0 Å². The third-order valence-electron chi connectivity index (χ3n) is 5.07. The van der Waals surface area contributed by atoms with Crippen LogP contribution >= 0.6 is 23.2 Å². The third kappa shape index (κ3) is 10.9. The first kappa shape index (κ1) is 27.5. The lowest BCUT2D eigenvalue weighted by atomic mass is 10.1. The molecule has 0 aliphatic heterocycles. The van der Waals surface area contributed by atoms with Crippen molar-refractivity contribution in [3.05, 3.63) is 69.7 Å². The van der Waals surface area contributed by atoms with Crippen LogP contribution in [-0.2, 0) is 19.1 Å². The number of carbonyl (C=O) groups is 4. The summed E-state index contributed by atoms with van der Waals surface area (Å²) in [7, 11) is 0. The molecule has 0 radical (unpaired) electrons. The second-order valence-corrected chi connectivity index (χ2v) is 8.68. The molecule has 0 bridgehead atoms. The van der Waals surface area contributed by atoms with E-state index in [0.29, 0.717) is 34.0 Å². The minimum atomic E-state index is -0.391. The van der Waals surface area contributed by atoms with Crippen molar-refractivity contribution in [2.24, 2.45) is 0 Å². The predicted octanol–water partition coefficient (Wildman–Crippen LogP) is 6.27. The van der Waals surface area contributed by atoms with Crippen molar-refractivity contribution in [1.29, 1.82) is 0 Å². The highest BCUT2D eigenvalue weighted by Gasteiger charge is 2.11. The van der Waals surface area contributed by atoms with Gasteiger partial charge in [-0.05, 0) is 61.4 Å². The summed E-state index contributed by atoms with van der Waals surface area (Å²) in [4.78, 5) is 47.5. The highest BCUT2D eigenvalue weighted by Crippen LogP contribution is 2.13. The molecule has 8 heteroatoms. The molecule has 0 aromatic heterocycles. The van der Waals surface area contributed by atoms with Crippen molar-refractivity contribution in [2.45, 2.75) is 51.4 Å². The number of ketones is 2. The summed E-state index contributed by atoms with van der Waals surface area (Å²) in [6.45, 7) is -0.552. The van der Waals surface area contributed by atoms with Gasteiger partial charge in [0, 0.05) is 34.0 Å². The molecule has 0 spiro atoms. The average Bonchev–Trinajstić information content (AvgIpc) is 2.83. The number of hydrogen-bond acceptors (Lipinski definition) is 6. The molecule has 0 aliphatic rings. The van der Waals surface area contributed by atoms with Crippen LogP contribution in [0.1, 0.15) is 72.1 Å². The zero-order valence-electron chi connectivity index (χ0n) is 18.9. The van der Waals surface area contributed by atoms with Crippen LogP contribution in [0.4, 0.5) is 0 Å². The Morgan fingerprint density at radius 2 is 0.853 bits per heavy atom. The lowest BCUT2D eigenvalue weighted by molar-refractivity contribution is -0.143. The molecule has 0 fully saturated rings. The maximum atomic E-state index is 12.0. The second-order valence-electron chi connectivity index (χ2n) is 7.80. The highest BCUT2D eigenvalue weighted by molar-refractivity contribution is 6.31. The second kappa shape index (κ2) is 15.3. The summed E-state index contributed by atoms with van der Waals surface area (Å²) >= 11 is 11.6. The van der Waals surface area contributed by atoms with Gasteiger partial charge in [0.1, 0.15) is 0 Å². The van der Waals surface area contributed by atoms with E-state index in [1.807, 2.05) is 0 Å². The number of hydrogen-bond donors (Lipinski definition) is 0. The van der Waals surface area contributed by atoms with Crippen molar-refractivity contribution in [2.75, 3.05) is 13.2 Å². The molecule has 182 valence electrons. The summed E-state index contributed by atoms with van der Waals surface area (Å²) < 4.78 is 10.1. The lowest BCUT2D eigenvalue weighted by Crippen LogP contribution is -2.14. The minimum Gasteiger partial charge on any atom is -0.457 e. The van der Waals surface area contributed by atoms with Crippen molar-refractivity contribution < 1.29 is 28.7 Å². The Labute approximate surface area is 209 Å². The van der Waals surface area contributed by atoms with E-state index < -0.39 is 11.9 Å². The fourth-order valence-corrected chi connectivity index (χ4v) is 3.37. The molecule has 0 unspecified atom stereocenters. The Hall–Kier alpha value is -2.70. The van der Waals surface area contributed by atoms with Gasteiger partial charge < -0.3 is 9.47 Å². The van der Waals surface area contributed by atoms with E-state index in [1.54, 1.807) is 48.5 Å². The van der Waals surface area contributed by atoms with Crippen molar-refractivity contribution in [1.82, 2.24) is 0 Å². The van der Waals surface area contributed by atoms with E-state index in [-0.39, 0.29) is 37.6 Å². The fourth-order valence-electron chi connectivity index (χ4n) is 3.12. The van der Waals surface area contributed by atoms with Gasteiger partial charge in [-0.25, -0.2) is 0 Å². The number of rotatable bonds is 15. The number of esters is 2. The minimum absolute atomic E-state index is 0.266. The Kier molecular flexibility index (Phi) is 12.4. The number of Topliss-reactive ketones (excluding diaryl/α,β-unsaturated/α-hetero) is 2. The molecular weight excluding hydrogens is 479 g/mol. The molecule has 0 atom stereocenters. The lowest BCUT2D eigenvalue weighted by Gasteiger charge is -2.06. The first-order chi connectivity index (χ1) is 16.3. The van der Waals surface area contributed by atoms with Gasteiger partial charge in [-0.2, -0.15) is 0 Å². The first-order valence-corrected chi connectivity index (χ1v) is 12.0. The Morgan fingerprint density at radius 1 is 0.529 bits per heavy atom. The summed E-state index contributed by atoms with van der Waals surface area (Å²) in [6, 6.07) is 12.8. The first-order valence-electron chi connectivity index (χ1n) is 11.2. The topological polar surface area (TPSA) is 86.7 Å². The van der Waals surface area contributed by atoms with E-state index in [4.69, 9.17) is 32.7 Å². The molecule has 0 N–H and O–H groups in total. The van der Waals surface area contributed by atoms with E-state index in [9.17, 15) is 19.2 Å². The number of ether oxygens (including phenoxy) is 2. The van der Waals surface area contributed by atoms with Gasteiger partial charge in [-0.15, -0.1) is 0 Å². The monoisotopic (exact) mass is 506 g/mol. The third-order valence-corrected chi connectivity index (χ3v) is 5.58. The standard InChI is InChI=1S/C26H28Cl2O6/c27-21-13-9-19(10-14-21)23(29)17-33-25(31)7-5-3-1-2-4-6-8-26(32)34-18-24(30)20-11-15-22(28)16-12-20/h9-16H,1-8,17-18H2. The van der Waals surface area contributed by atoms with E-state index in [1.165, 1.54) is 0 Å². The van der Waals surface area contributed by atoms with Crippen LogP contribution < -0.4 is 0 Å². The predicted molar refractivity (Wildman–Crippen MR) is 130 cm³/mol.